The van der Waals surface area contributed by atoms with Gasteiger partial charge in [-0.15, -0.1) is 9.24 Å². The summed E-state index contributed by atoms with van der Waals surface area (Å²) >= 11 is 0. The average Bonchev–Trinajstić information content (AvgIpc) is 2.20. The third kappa shape index (κ3) is 7.76. The summed E-state index contributed by atoms with van der Waals surface area (Å²) in [5.74, 6) is 0.973. The molecule has 0 amide bonds. The molecule has 14 heavy (non-hydrogen) atoms. The highest BCUT2D eigenvalue weighted by Gasteiger charge is 2.09. The lowest BCUT2D eigenvalue weighted by Crippen LogP contribution is -2.26. The Balaban J connectivity index is 0.000000213. The molecule has 0 aromatic heterocycles. The molecule has 0 aromatic rings. The van der Waals surface area contributed by atoms with E-state index in [9.17, 15) is 0 Å². The van der Waals surface area contributed by atoms with Crippen LogP contribution in [0.15, 0.2) is 0 Å². The first-order chi connectivity index (χ1) is 6.79. The van der Waals surface area contributed by atoms with Crippen molar-refractivity contribution in [2.75, 3.05) is 13.1 Å². The molecule has 1 atom stereocenters. The lowest BCUT2D eigenvalue weighted by Gasteiger charge is -2.18. The molecule has 2 heteroatoms. The molecule has 0 spiro atoms. The third-order valence-electron chi connectivity index (χ3n) is 2.78. The number of nitrogens with one attached hydrogen (secondary N) is 1. The molecule has 1 saturated carbocycles. The second-order valence-electron chi connectivity index (χ2n) is 4.12. The molecule has 1 aliphatic heterocycles. The van der Waals surface area contributed by atoms with Crippen LogP contribution in [0.4, 0.5) is 0 Å². The predicted octanol–water partition coefficient (Wildman–Crippen LogP) is 3.45. The molecular formula is C12H28NP. The Bertz CT molecular complexity index is 107. The van der Waals surface area contributed by atoms with E-state index in [0.29, 0.717) is 0 Å². The molecule has 2 fully saturated rings. The molecule has 1 N–H and O–H groups in total. The van der Waals surface area contributed by atoms with Crippen molar-refractivity contribution in [2.45, 2.75) is 58.5 Å². The molecule has 1 saturated heterocycles. The van der Waals surface area contributed by atoms with E-state index in [2.05, 4.69) is 21.5 Å². The fourth-order valence-corrected chi connectivity index (χ4v) is 1.88. The number of hydrogen-bond acceptors (Lipinski definition) is 1. The summed E-state index contributed by atoms with van der Waals surface area (Å²) in [5, 5.41) is 3.32. The van der Waals surface area contributed by atoms with Gasteiger partial charge in [0.1, 0.15) is 0 Å². The molecule has 0 bridgehead atoms. The van der Waals surface area contributed by atoms with Crippen molar-refractivity contribution in [2.24, 2.45) is 5.92 Å². The third-order valence-corrected chi connectivity index (χ3v) is 3.44. The van der Waals surface area contributed by atoms with Gasteiger partial charge < -0.3 is 5.32 Å². The van der Waals surface area contributed by atoms with Crippen LogP contribution in [0.25, 0.3) is 0 Å². The summed E-state index contributed by atoms with van der Waals surface area (Å²) in [6.45, 7) is 8.79. The first-order valence-corrected chi connectivity index (χ1v) is 6.92. The van der Waals surface area contributed by atoms with Gasteiger partial charge in [0.05, 0.1) is 0 Å². The molecule has 0 radical (unpaired) electrons. The Hall–Kier alpha value is 0.390. The number of hydrogen-bond donors (Lipinski definition) is 1. The van der Waals surface area contributed by atoms with Crippen LogP contribution in [0.1, 0.15) is 52.9 Å². The molecule has 1 aliphatic carbocycles. The smallest absolute Gasteiger partial charge is 0.00464 e. The van der Waals surface area contributed by atoms with E-state index in [1.54, 1.807) is 0 Å². The van der Waals surface area contributed by atoms with Gasteiger partial charge in [-0.25, -0.2) is 0 Å². The van der Waals surface area contributed by atoms with Crippen LogP contribution in [0.3, 0.4) is 0 Å². The maximum atomic E-state index is 3.32. The molecule has 1 nitrogen and oxygen atoms in total. The Morgan fingerprint density at radius 1 is 1.00 bits per heavy atom. The second-order valence-corrected chi connectivity index (χ2v) is 5.07. The van der Waals surface area contributed by atoms with Crippen LogP contribution >= 0.6 is 9.24 Å². The van der Waals surface area contributed by atoms with Gasteiger partial charge in [-0.05, 0) is 50.3 Å². The summed E-state index contributed by atoms with van der Waals surface area (Å²) in [6, 6.07) is 0. The Kier molecular flexibility index (Phi) is 10.2. The largest absolute Gasteiger partial charge is 0.317 e. The minimum absolute atomic E-state index is 0.973. The quantitative estimate of drug-likeness (QED) is 0.613. The fraction of sp³-hybridized carbons (Fsp3) is 1.00. The van der Waals surface area contributed by atoms with Gasteiger partial charge in [-0.1, -0.05) is 27.2 Å². The van der Waals surface area contributed by atoms with Gasteiger partial charge in [0.2, 0.25) is 0 Å². The predicted molar refractivity (Wildman–Crippen MR) is 70.0 cm³/mol. The van der Waals surface area contributed by atoms with E-state index in [1.165, 1.54) is 45.2 Å². The molecule has 1 unspecified atom stereocenters. The zero-order valence-electron chi connectivity index (χ0n) is 10.2. The minimum Gasteiger partial charge on any atom is -0.317 e. The molecule has 2 aliphatic rings. The summed E-state index contributed by atoms with van der Waals surface area (Å²) in [6.07, 6.45) is 7.11. The summed E-state index contributed by atoms with van der Waals surface area (Å²) in [4.78, 5) is 0. The monoisotopic (exact) mass is 217 g/mol. The van der Waals surface area contributed by atoms with Crippen molar-refractivity contribution in [3.63, 3.8) is 0 Å². The van der Waals surface area contributed by atoms with Crippen LogP contribution in [0, 0.1) is 5.92 Å². The van der Waals surface area contributed by atoms with Crippen LogP contribution in [0.2, 0.25) is 0 Å². The van der Waals surface area contributed by atoms with Gasteiger partial charge in [-0.2, -0.15) is 0 Å². The van der Waals surface area contributed by atoms with Gasteiger partial charge in [0.25, 0.3) is 0 Å². The Morgan fingerprint density at radius 3 is 1.57 bits per heavy atom. The van der Waals surface area contributed by atoms with Gasteiger partial charge >= 0.3 is 0 Å². The van der Waals surface area contributed by atoms with E-state index in [4.69, 9.17) is 0 Å². The van der Waals surface area contributed by atoms with Crippen molar-refractivity contribution in [1.82, 2.24) is 5.32 Å². The van der Waals surface area contributed by atoms with E-state index in [-0.39, 0.29) is 0 Å². The average molecular weight is 217 g/mol. The molecule has 86 valence electrons. The molecule has 2 rings (SSSR count). The highest BCUT2D eigenvalue weighted by atomic mass is 31.0. The van der Waals surface area contributed by atoms with E-state index < -0.39 is 0 Å². The SMILES string of the molecule is CC.CC1CCNCC1.PC1CCC1. The first-order valence-electron chi connectivity index (χ1n) is 6.25. The summed E-state index contributed by atoms with van der Waals surface area (Å²) in [5.41, 5.74) is 0.981. The number of piperidine rings is 1. The maximum Gasteiger partial charge on any atom is -0.00464 e. The first kappa shape index (κ1) is 14.4. The van der Waals surface area contributed by atoms with Crippen LogP contribution in [-0.2, 0) is 0 Å². The van der Waals surface area contributed by atoms with E-state index in [1.807, 2.05) is 13.8 Å². The molecular weight excluding hydrogens is 189 g/mol. The van der Waals surface area contributed by atoms with Crippen molar-refractivity contribution < 1.29 is 0 Å². The highest BCUT2D eigenvalue weighted by Crippen LogP contribution is 2.25. The summed E-state index contributed by atoms with van der Waals surface area (Å²) in [7, 11) is 2.82. The second kappa shape index (κ2) is 9.93. The van der Waals surface area contributed by atoms with Crippen LogP contribution in [0.5, 0.6) is 0 Å². The van der Waals surface area contributed by atoms with Crippen molar-refractivity contribution in [3.05, 3.63) is 0 Å². The van der Waals surface area contributed by atoms with E-state index in [0.717, 1.165) is 11.6 Å². The lowest BCUT2D eigenvalue weighted by molar-refractivity contribution is 0.402. The van der Waals surface area contributed by atoms with Crippen molar-refractivity contribution in [3.8, 4) is 0 Å². The van der Waals surface area contributed by atoms with Gasteiger partial charge in [0, 0.05) is 0 Å². The Labute approximate surface area is 92.6 Å². The van der Waals surface area contributed by atoms with Gasteiger partial charge in [0.15, 0.2) is 0 Å². The zero-order valence-corrected chi connectivity index (χ0v) is 11.3. The lowest BCUT2D eigenvalue weighted by atomic mass is 10.00. The normalized spacial score (nSPS) is 22.3. The Morgan fingerprint density at radius 2 is 1.43 bits per heavy atom. The van der Waals surface area contributed by atoms with Crippen molar-refractivity contribution >= 4 is 9.24 Å². The summed E-state index contributed by atoms with van der Waals surface area (Å²) < 4.78 is 0. The highest BCUT2D eigenvalue weighted by molar-refractivity contribution is 7.17. The maximum absolute atomic E-state index is 3.32. The topological polar surface area (TPSA) is 12.0 Å². The minimum atomic E-state index is 0.973. The van der Waals surface area contributed by atoms with Crippen LogP contribution in [-0.4, -0.2) is 18.7 Å². The molecule has 1 heterocycles. The van der Waals surface area contributed by atoms with E-state index >= 15 is 0 Å². The zero-order chi connectivity index (χ0) is 10.8. The van der Waals surface area contributed by atoms with Crippen LogP contribution < -0.4 is 5.32 Å². The van der Waals surface area contributed by atoms with Crippen molar-refractivity contribution in [1.29, 1.82) is 0 Å². The molecule has 0 aromatic carbocycles. The standard InChI is InChI=1S/C6H13N.C4H9P.C2H6/c1-6-2-4-7-5-3-6;5-4-2-1-3-4;1-2/h6-7H,2-5H2,1H3;4H,1-3,5H2;1-2H3. The fourth-order valence-electron chi connectivity index (χ4n) is 1.41. The number of rotatable bonds is 0. The van der Waals surface area contributed by atoms with Gasteiger partial charge in [-0.3, -0.25) is 0 Å².